The lowest BCUT2D eigenvalue weighted by Crippen LogP contribution is -2.35. The van der Waals surface area contributed by atoms with Crippen molar-refractivity contribution in [3.8, 4) is 0 Å². The summed E-state index contributed by atoms with van der Waals surface area (Å²) in [5, 5.41) is 2.86. The summed E-state index contributed by atoms with van der Waals surface area (Å²) in [5.74, 6) is -1.17. The van der Waals surface area contributed by atoms with Gasteiger partial charge in [-0.15, -0.1) is 0 Å². The van der Waals surface area contributed by atoms with Gasteiger partial charge in [0.1, 0.15) is 5.69 Å². The van der Waals surface area contributed by atoms with Crippen molar-refractivity contribution in [1.82, 2.24) is 9.88 Å². The number of ether oxygens (including phenoxy) is 1. The van der Waals surface area contributed by atoms with E-state index < -0.39 is 5.97 Å². The maximum absolute atomic E-state index is 12.7. The van der Waals surface area contributed by atoms with Gasteiger partial charge < -0.3 is 19.9 Å². The maximum atomic E-state index is 12.7. The molecule has 1 aromatic carbocycles. The third-order valence-electron chi connectivity index (χ3n) is 4.51. The highest BCUT2D eigenvalue weighted by molar-refractivity contribution is 6.02. The Balaban J connectivity index is 2.14. The van der Waals surface area contributed by atoms with Gasteiger partial charge in [-0.25, -0.2) is 4.79 Å². The second-order valence-corrected chi connectivity index (χ2v) is 6.59. The molecule has 0 atom stereocenters. The van der Waals surface area contributed by atoms with E-state index in [2.05, 4.69) is 10.3 Å². The summed E-state index contributed by atoms with van der Waals surface area (Å²) in [5.41, 5.74) is 4.34. The minimum absolute atomic E-state index is 0.113. The van der Waals surface area contributed by atoms with E-state index in [9.17, 15) is 14.4 Å². The number of esters is 1. The molecule has 7 heteroatoms. The van der Waals surface area contributed by atoms with Gasteiger partial charge in [-0.05, 0) is 44.4 Å². The van der Waals surface area contributed by atoms with E-state index in [0.29, 0.717) is 16.8 Å². The lowest BCUT2D eigenvalue weighted by atomic mass is 10.1. The fourth-order valence-corrected chi connectivity index (χ4v) is 3.04. The van der Waals surface area contributed by atoms with Gasteiger partial charge in [0, 0.05) is 18.4 Å². The van der Waals surface area contributed by atoms with Gasteiger partial charge in [0.05, 0.1) is 19.2 Å². The van der Waals surface area contributed by atoms with Crippen LogP contribution in [0.4, 0.5) is 5.69 Å². The van der Waals surface area contributed by atoms with Gasteiger partial charge >= 0.3 is 5.97 Å². The van der Waals surface area contributed by atoms with Gasteiger partial charge in [0.15, 0.2) is 0 Å². The largest absolute Gasteiger partial charge is 0.465 e. The predicted octanol–water partition coefficient (Wildman–Crippen LogP) is 2.75. The van der Waals surface area contributed by atoms with Crippen LogP contribution in [0.5, 0.6) is 0 Å². The first-order chi connectivity index (χ1) is 12.7. The number of aromatic nitrogens is 1. The molecule has 0 aliphatic heterocycles. The quantitative estimate of drug-likeness (QED) is 0.791. The van der Waals surface area contributed by atoms with E-state index in [1.165, 1.54) is 12.0 Å². The number of H-pyrrole nitrogens is 1. The number of aryl methyl sites for hydroxylation is 3. The van der Waals surface area contributed by atoms with Crippen molar-refractivity contribution >= 4 is 23.5 Å². The zero-order valence-electron chi connectivity index (χ0n) is 16.5. The van der Waals surface area contributed by atoms with Crippen LogP contribution in [0.3, 0.4) is 0 Å². The molecule has 144 valence electrons. The summed E-state index contributed by atoms with van der Waals surface area (Å²) in [6, 6.07) is 5.75. The van der Waals surface area contributed by atoms with E-state index in [4.69, 9.17) is 4.74 Å². The molecule has 0 bridgehead atoms. The number of nitrogens with zero attached hydrogens (tertiary/aromatic N) is 1. The van der Waals surface area contributed by atoms with Crippen LogP contribution in [0.15, 0.2) is 18.2 Å². The van der Waals surface area contributed by atoms with Crippen molar-refractivity contribution in [1.29, 1.82) is 0 Å². The SMILES string of the molecule is COC(=O)c1c(C)[nH]c(C(=O)N(C)CC(=O)Nc2c(C)cccc2C)c1C. The highest BCUT2D eigenvalue weighted by atomic mass is 16.5. The summed E-state index contributed by atoms with van der Waals surface area (Å²) >= 11 is 0. The van der Waals surface area contributed by atoms with Gasteiger partial charge in [0.25, 0.3) is 5.91 Å². The fourth-order valence-electron chi connectivity index (χ4n) is 3.04. The average Bonchev–Trinajstić information content (AvgIpc) is 2.91. The average molecular weight is 371 g/mol. The number of carbonyl (C=O) groups is 3. The Morgan fingerprint density at radius 2 is 1.70 bits per heavy atom. The van der Waals surface area contributed by atoms with E-state index in [0.717, 1.165) is 16.8 Å². The maximum Gasteiger partial charge on any atom is 0.339 e. The van der Waals surface area contributed by atoms with E-state index in [1.54, 1.807) is 20.9 Å². The number of carbonyl (C=O) groups excluding carboxylic acids is 3. The summed E-state index contributed by atoms with van der Waals surface area (Å²) in [4.78, 5) is 41.2. The Hall–Kier alpha value is -3.09. The summed E-state index contributed by atoms with van der Waals surface area (Å²) in [6.07, 6.45) is 0. The number of aromatic amines is 1. The van der Waals surface area contributed by atoms with Crippen LogP contribution in [0.25, 0.3) is 0 Å². The highest BCUT2D eigenvalue weighted by Crippen LogP contribution is 2.21. The molecule has 7 nitrogen and oxygen atoms in total. The fraction of sp³-hybridized carbons (Fsp3) is 0.350. The zero-order chi connectivity index (χ0) is 20.3. The molecule has 0 aliphatic rings. The molecule has 0 saturated carbocycles. The predicted molar refractivity (Wildman–Crippen MR) is 103 cm³/mol. The molecule has 0 spiro atoms. The van der Waals surface area contributed by atoms with Crippen LogP contribution in [-0.2, 0) is 9.53 Å². The molecular weight excluding hydrogens is 346 g/mol. The van der Waals surface area contributed by atoms with Gasteiger partial charge in [-0.1, -0.05) is 18.2 Å². The zero-order valence-corrected chi connectivity index (χ0v) is 16.5. The van der Waals surface area contributed by atoms with Crippen molar-refractivity contribution < 1.29 is 19.1 Å². The Morgan fingerprint density at radius 1 is 1.11 bits per heavy atom. The third kappa shape index (κ3) is 4.19. The Labute approximate surface area is 158 Å². The topological polar surface area (TPSA) is 91.5 Å². The molecule has 2 amide bonds. The Morgan fingerprint density at radius 3 is 2.26 bits per heavy atom. The lowest BCUT2D eigenvalue weighted by Gasteiger charge is -2.18. The lowest BCUT2D eigenvalue weighted by molar-refractivity contribution is -0.116. The number of hydrogen-bond acceptors (Lipinski definition) is 4. The molecule has 0 fully saturated rings. The second-order valence-electron chi connectivity index (χ2n) is 6.59. The number of rotatable bonds is 5. The smallest absolute Gasteiger partial charge is 0.339 e. The number of methoxy groups -OCH3 is 1. The van der Waals surface area contributed by atoms with Crippen LogP contribution in [0.1, 0.15) is 43.2 Å². The standard InChI is InChI=1S/C20H25N3O4/c1-11-8-7-9-12(2)17(11)22-15(24)10-23(5)19(25)18-13(3)16(14(4)21-18)20(26)27-6/h7-9,21H,10H2,1-6H3,(H,22,24). The molecule has 0 aliphatic carbocycles. The minimum atomic E-state index is -0.504. The molecular formula is C20H25N3O4. The van der Waals surface area contributed by atoms with Gasteiger partial charge in [-0.2, -0.15) is 0 Å². The van der Waals surface area contributed by atoms with E-state index in [1.807, 2.05) is 32.0 Å². The number of benzene rings is 1. The summed E-state index contributed by atoms with van der Waals surface area (Å²) in [6.45, 7) is 7.09. The van der Waals surface area contributed by atoms with Crippen LogP contribution >= 0.6 is 0 Å². The molecule has 2 N–H and O–H groups in total. The number of likely N-dealkylation sites (N-methyl/N-ethyl adjacent to an activating group) is 1. The number of hydrogen-bond donors (Lipinski definition) is 2. The summed E-state index contributed by atoms with van der Waals surface area (Å²) in [7, 11) is 2.83. The number of anilines is 1. The van der Waals surface area contributed by atoms with Crippen molar-refractivity contribution in [3.05, 3.63) is 51.8 Å². The first-order valence-electron chi connectivity index (χ1n) is 8.56. The second kappa shape index (κ2) is 8.07. The molecule has 0 saturated heterocycles. The first kappa shape index (κ1) is 20.2. The molecule has 2 rings (SSSR count). The van der Waals surface area contributed by atoms with E-state index >= 15 is 0 Å². The van der Waals surface area contributed by atoms with Crippen LogP contribution in [0.2, 0.25) is 0 Å². The van der Waals surface area contributed by atoms with Crippen molar-refractivity contribution in [2.75, 3.05) is 26.0 Å². The van der Waals surface area contributed by atoms with Crippen molar-refractivity contribution in [3.63, 3.8) is 0 Å². The Kier molecular flexibility index (Phi) is 6.05. The molecule has 0 radical (unpaired) electrons. The minimum Gasteiger partial charge on any atom is -0.465 e. The van der Waals surface area contributed by atoms with Crippen LogP contribution in [-0.4, -0.2) is 48.4 Å². The monoisotopic (exact) mass is 371 g/mol. The third-order valence-corrected chi connectivity index (χ3v) is 4.51. The van der Waals surface area contributed by atoms with Crippen LogP contribution in [0, 0.1) is 27.7 Å². The molecule has 1 aromatic heterocycles. The molecule has 1 heterocycles. The van der Waals surface area contributed by atoms with Crippen molar-refractivity contribution in [2.24, 2.45) is 0 Å². The Bertz CT molecular complexity index is 879. The number of amides is 2. The number of para-hydroxylation sites is 1. The van der Waals surface area contributed by atoms with E-state index in [-0.39, 0.29) is 24.1 Å². The van der Waals surface area contributed by atoms with Gasteiger partial charge in [0.2, 0.25) is 5.91 Å². The normalized spacial score (nSPS) is 10.4. The summed E-state index contributed by atoms with van der Waals surface area (Å²) < 4.78 is 4.76. The molecule has 0 unspecified atom stereocenters. The van der Waals surface area contributed by atoms with Gasteiger partial charge in [-0.3, -0.25) is 9.59 Å². The number of nitrogens with one attached hydrogen (secondary N) is 2. The highest BCUT2D eigenvalue weighted by Gasteiger charge is 2.25. The molecule has 27 heavy (non-hydrogen) atoms. The van der Waals surface area contributed by atoms with Crippen LogP contribution < -0.4 is 5.32 Å². The first-order valence-corrected chi connectivity index (χ1v) is 8.56. The molecule has 2 aromatic rings. The van der Waals surface area contributed by atoms with Crippen molar-refractivity contribution in [2.45, 2.75) is 27.7 Å².